The molecule has 1 saturated heterocycles. The van der Waals surface area contributed by atoms with Crippen molar-refractivity contribution in [3.05, 3.63) is 53.6 Å². The fraction of sp³-hybridized carbons (Fsp3) is 0.522. The van der Waals surface area contributed by atoms with E-state index in [1.54, 1.807) is 0 Å². The number of rotatable bonds is 4. The maximum absolute atomic E-state index is 12.5. The summed E-state index contributed by atoms with van der Waals surface area (Å²) in [6.45, 7) is 12.8. The third-order valence-electron chi connectivity index (χ3n) is 5.34. The van der Waals surface area contributed by atoms with Crippen molar-refractivity contribution in [1.82, 2.24) is 19.4 Å². The van der Waals surface area contributed by atoms with E-state index in [2.05, 4.69) is 34.4 Å². The van der Waals surface area contributed by atoms with Crippen LogP contribution in [-0.2, 0) is 17.8 Å². The van der Waals surface area contributed by atoms with Gasteiger partial charge in [-0.2, -0.15) is 5.26 Å². The highest BCUT2D eigenvalue weighted by Gasteiger charge is 2.34. The minimum Gasteiger partial charge on any atom is -0.444 e. The van der Waals surface area contributed by atoms with Gasteiger partial charge in [0.15, 0.2) is 0 Å². The van der Waals surface area contributed by atoms with Crippen LogP contribution in [0.25, 0.3) is 0 Å². The zero-order valence-electron chi connectivity index (χ0n) is 18.5. The molecule has 0 unspecified atom stereocenters. The van der Waals surface area contributed by atoms with Crippen LogP contribution in [0.1, 0.15) is 51.4 Å². The van der Waals surface area contributed by atoms with Gasteiger partial charge in [-0.15, -0.1) is 0 Å². The number of piperazine rings is 1. The first-order valence-corrected chi connectivity index (χ1v) is 10.4. The Morgan fingerprint density at radius 3 is 2.50 bits per heavy atom. The lowest BCUT2D eigenvalue weighted by atomic mass is 10.1. The third kappa shape index (κ3) is 5.39. The van der Waals surface area contributed by atoms with Crippen LogP contribution in [-0.4, -0.2) is 56.2 Å². The van der Waals surface area contributed by atoms with Gasteiger partial charge in [0.25, 0.3) is 0 Å². The van der Waals surface area contributed by atoms with Crippen LogP contribution >= 0.6 is 0 Å². The van der Waals surface area contributed by atoms with Gasteiger partial charge in [-0.05, 0) is 52.3 Å². The molecule has 2 heterocycles. The molecule has 0 saturated carbocycles. The quantitative estimate of drug-likeness (QED) is 0.771. The van der Waals surface area contributed by atoms with Crippen molar-refractivity contribution >= 4 is 6.09 Å². The van der Waals surface area contributed by atoms with Crippen molar-refractivity contribution in [2.75, 3.05) is 13.1 Å². The molecular weight excluding hydrogens is 378 g/mol. The number of hydrogen-bond donors (Lipinski definition) is 0. The Morgan fingerprint density at radius 1 is 1.17 bits per heavy atom. The summed E-state index contributed by atoms with van der Waals surface area (Å²) in [7, 11) is 0. The molecule has 160 valence electrons. The van der Waals surface area contributed by atoms with E-state index >= 15 is 0 Å². The Bertz CT molecular complexity index is 907. The molecule has 0 bridgehead atoms. The van der Waals surface area contributed by atoms with Crippen molar-refractivity contribution < 1.29 is 9.53 Å². The number of nitrogens with zero attached hydrogens (tertiary/aromatic N) is 5. The summed E-state index contributed by atoms with van der Waals surface area (Å²) in [6, 6.07) is 10.1. The highest BCUT2D eigenvalue weighted by molar-refractivity contribution is 5.68. The fourth-order valence-corrected chi connectivity index (χ4v) is 3.71. The van der Waals surface area contributed by atoms with Crippen LogP contribution in [0.15, 0.2) is 36.8 Å². The largest absolute Gasteiger partial charge is 0.444 e. The van der Waals surface area contributed by atoms with Gasteiger partial charge < -0.3 is 14.2 Å². The first-order valence-electron chi connectivity index (χ1n) is 10.4. The molecule has 1 aliphatic rings. The van der Waals surface area contributed by atoms with Crippen molar-refractivity contribution in [3.63, 3.8) is 0 Å². The molecule has 0 spiro atoms. The third-order valence-corrected chi connectivity index (χ3v) is 5.34. The Labute approximate surface area is 178 Å². The van der Waals surface area contributed by atoms with Crippen LogP contribution in [0.5, 0.6) is 0 Å². The summed E-state index contributed by atoms with van der Waals surface area (Å²) >= 11 is 0. The monoisotopic (exact) mass is 409 g/mol. The summed E-state index contributed by atoms with van der Waals surface area (Å²) in [4.78, 5) is 21.1. The summed E-state index contributed by atoms with van der Waals surface area (Å²) in [5.41, 5.74) is 2.43. The van der Waals surface area contributed by atoms with Gasteiger partial charge in [0.2, 0.25) is 0 Å². The van der Waals surface area contributed by atoms with Gasteiger partial charge in [-0.25, -0.2) is 9.78 Å². The molecule has 3 rings (SSSR count). The molecule has 0 aliphatic carbocycles. The second-order valence-corrected chi connectivity index (χ2v) is 9.08. The minimum absolute atomic E-state index is 0.0750. The van der Waals surface area contributed by atoms with Gasteiger partial charge >= 0.3 is 6.09 Å². The molecule has 30 heavy (non-hydrogen) atoms. The minimum atomic E-state index is -0.491. The summed E-state index contributed by atoms with van der Waals surface area (Å²) in [6.07, 6.45) is 3.51. The predicted octanol–water partition coefficient (Wildman–Crippen LogP) is 3.63. The van der Waals surface area contributed by atoms with Crippen molar-refractivity contribution in [1.29, 1.82) is 5.26 Å². The van der Waals surface area contributed by atoms with Crippen LogP contribution in [0.4, 0.5) is 4.79 Å². The van der Waals surface area contributed by atoms with E-state index in [9.17, 15) is 4.79 Å². The molecule has 7 heteroatoms. The summed E-state index contributed by atoms with van der Waals surface area (Å²) < 4.78 is 7.71. The lowest BCUT2D eigenvalue weighted by Gasteiger charge is -2.44. The van der Waals surface area contributed by atoms with Gasteiger partial charge in [-0.3, -0.25) is 4.90 Å². The number of aromatic nitrogens is 2. The number of carbonyl (C=O) groups is 1. The maximum atomic E-state index is 12.5. The number of hydrogen-bond acceptors (Lipinski definition) is 5. The SMILES string of the molecule is C[C@@H]1CN(Cc2cncn2Cc2ccc(C#N)cc2)[C@@H](C)CN1C(=O)OC(C)(C)C. The highest BCUT2D eigenvalue weighted by atomic mass is 16.6. The van der Waals surface area contributed by atoms with E-state index in [1.165, 1.54) is 0 Å². The molecule has 0 radical (unpaired) electrons. The zero-order chi connectivity index (χ0) is 21.9. The first-order chi connectivity index (χ1) is 14.2. The molecule has 2 atom stereocenters. The lowest BCUT2D eigenvalue weighted by molar-refractivity contribution is -0.0121. The van der Waals surface area contributed by atoms with E-state index in [0.29, 0.717) is 18.7 Å². The Morgan fingerprint density at radius 2 is 1.87 bits per heavy atom. The number of ether oxygens (including phenoxy) is 1. The molecular formula is C23H31N5O2. The number of imidazole rings is 1. The fourth-order valence-electron chi connectivity index (χ4n) is 3.71. The number of carbonyl (C=O) groups excluding carboxylic acids is 1. The molecule has 1 aromatic heterocycles. The van der Waals surface area contributed by atoms with E-state index in [-0.39, 0.29) is 18.2 Å². The Kier molecular flexibility index (Phi) is 6.47. The summed E-state index contributed by atoms with van der Waals surface area (Å²) in [5, 5.41) is 8.96. The van der Waals surface area contributed by atoms with Crippen molar-refractivity contribution in [3.8, 4) is 6.07 Å². The van der Waals surface area contributed by atoms with Gasteiger partial charge in [0.1, 0.15) is 5.60 Å². The van der Waals surface area contributed by atoms with Gasteiger partial charge in [0, 0.05) is 44.5 Å². The van der Waals surface area contributed by atoms with Crippen molar-refractivity contribution in [2.24, 2.45) is 0 Å². The standard InChI is InChI=1S/C23H31N5O2/c1-17-13-28(22(29)30-23(3,4)5)18(2)12-26(17)15-21-11-25-16-27(21)14-20-8-6-19(10-24)7-9-20/h6-9,11,16-18H,12-15H2,1-5H3/t17-,18+/m0/s1. The molecule has 7 nitrogen and oxygen atoms in total. The van der Waals surface area contributed by atoms with E-state index < -0.39 is 5.60 Å². The first kappa shape index (κ1) is 21.8. The van der Waals surface area contributed by atoms with Crippen LogP contribution in [0, 0.1) is 11.3 Å². The Hall–Kier alpha value is -2.85. The zero-order valence-corrected chi connectivity index (χ0v) is 18.5. The molecule has 1 amide bonds. The maximum Gasteiger partial charge on any atom is 0.410 e. The topological polar surface area (TPSA) is 74.4 Å². The number of nitriles is 1. The van der Waals surface area contributed by atoms with Crippen LogP contribution < -0.4 is 0 Å². The van der Waals surface area contributed by atoms with E-state index in [0.717, 1.165) is 24.3 Å². The molecule has 0 N–H and O–H groups in total. The lowest BCUT2D eigenvalue weighted by Crippen LogP contribution is -2.58. The molecule has 2 aromatic rings. The normalized spacial score (nSPS) is 20.1. The molecule has 1 aliphatic heterocycles. The second kappa shape index (κ2) is 8.88. The molecule has 1 aromatic carbocycles. The molecule has 1 fully saturated rings. The van der Waals surface area contributed by atoms with Crippen LogP contribution in [0.3, 0.4) is 0 Å². The van der Waals surface area contributed by atoms with Crippen LogP contribution in [0.2, 0.25) is 0 Å². The van der Waals surface area contributed by atoms with E-state index in [4.69, 9.17) is 10.00 Å². The predicted molar refractivity (Wildman–Crippen MR) is 115 cm³/mol. The number of amides is 1. The second-order valence-electron chi connectivity index (χ2n) is 9.08. The van der Waals surface area contributed by atoms with E-state index in [1.807, 2.05) is 62.5 Å². The van der Waals surface area contributed by atoms with Gasteiger partial charge in [-0.1, -0.05) is 12.1 Å². The smallest absolute Gasteiger partial charge is 0.410 e. The Balaban J connectivity index is 1.64. The highest BCUT2D eigenvalue weighted by Crippen LogP contribution is 2.21. The average molecular weight is 410 g/mol. The summed E-state index contributed by atoms with van der Waals surface area (Å²) in [5.74, 6) is 0. The average Bonchev–Trinajstić information content (AvgIpc) is 3.10. The van der Waals surface area contributed by atoms with Crippen molar-refractivity contribution in [2.45, 2.75) is 65.4 Å². The number of benzene rings is 1. The van der Waals surface area contributed by atoms with Gasteiger partial charge in [0.05, 0.1) is 23.7 Å².